The molecule has 1 unspecified atom stereocenters. The Morgan fingerprint density at radius 2 is 2.07 bits per heavy atom. The number of hydrogen-bond acceptors (Lipinski definition) is 5. The number of ether oxygens (including phenoxy) is 1. The molecular weight excluding hydrogens is 398 g/mol. The number of aryl methyl sites for hydroxylation is 1. The third-order valence-electron chi connectivity index (χ3n) is 5.09. The van der Waals surface area contributed by atoms with Gasteiger partial charge in [0, 0.05) is 48.6 Å². The highest BCUT2D eigenvalue weighted by atomic mass is 32.2. The molecule has 0 radical (unpaired) electrons. The van der Waals surface area contributed by atoms with Gasteiger partial charge in [-0.05, 0) is 31.2 Å². The van der Waals surface area contributed by atoms with E-state index in [1.165, 1.54) is 6.07 Å². The van der Waals surface area contributed by atoms with Crippen LogP contribution in [-0.4, -0.2) is 35.7 Å². The molecule has 1 aromatic carbocycles. The van der Waals surface area contributed by atoms with Crippen molar-refractivity contribution in [3.05, 3.63) is 87.6 Å². The molecule has 154 valence electrons. The summed E-state index contributed by atoms with van der Waals surface area (Å²) >= 11 is 1.71. The Morgan fingerprint density at radius 1 is 1.27 bits per heavy atom. The average Bonchev–Trinajstić information content (AvgIpc) is 2.92. The van der Waals surface area contributed by atoms with Gasteiger partial charge in [0.25, 0.3) is 5.91 Å². The Kier molecular flexibility index (Phi) is 6.01. The minimum atomic E-state index is -0.370. The predicted molar refractivity (Wildman–Crippen MR) is 118 cm³/mol. The molecule has 7 heteroatoms. The van der Waals surface area contributed by atoms with Crippen LogP contribution in [0.15, 0.2) is 64.4 Å². The van der Waals surface area contributed by atoms with Crippen molar-refractivity contribution in [3.8, 4) is 5.69 Å². The highest BCUT2D eigenvalue weighted by Gasteiger charge is 2.29. The summed E-state index contributed by atoms with van der Waals surface area (Å²) in [7, 11) is 1.57. The standard InChI is InChI=1S/C23H23N3O3S/c1-15-13-19(27)22(23(28)25-11-12-29-2)18-14-21(16-7-5-6-10-24-16)30-20-9-4-3-8-17(20)26(15)18/h3-10,13,21H,11-12,14H2,1-2H3,(H,25,28). The zero-order valence-electron chi connectivity index (χ0n) is 16.9. The first-order chi connectivity index (χ1) is 14.6. The molecule has 4 rings (SSSR count). The molecule has 6 nitrogen and oxygen atoms in total. The largest absolute Gasteiger partial charge is 0.383 e. The summed E-state index contributed by atoms with van der Waals surface area (Å²) in [5, 5.41) is 2.79. The normalized spacial score (nSPS) is 15.1. The van der Waals surface area contributed by atoms with Gasteiger partial charge in [-0.15, -0.1) is 11.8 Å². The third kappa shape index (κ3) is 3.91. The van der Waals surface area contributed by atoms with Crippen molar-refractivity contribution >= 4 is 17.7 Å². The van der Waals surface area contributed by atoms with Gasteiger partial charge in [-0.3, -0.25) is 14.6 Å². The molecule has 1 aliphatic rings. The summed E-state index contributed by atoms with van der Waals surface area (Å²) in [5.41, 5.74) is 3.33. The number of nitrogens with one attached hydrogen (secondary N) is 1. The summed E-state index contributed by atoms with van der Waals surface area (Å²) < 4.78 is 7.06. The number of benzene rings is 1. The fourth-order valence-corrected chi connectivity index (χ4v) is 5.01. The molecule has 2 aromatic heterocycles. The zero-order chi connectivity index (χ0) is 21.1. The molecule has 0 fully saturated rings. The van der Waals surface area contributed by atoms with E-state index in [-0.39, 0.29) is 22.1 Å². The second-order valence-electron chi connectivity index (χ2n) is 7.09. The number of aromatic nitrogens is 2. The minimum Gasteiger partial charge on any atom is -0.383 e. The smallest absolute Gasteiger partial charge is 0.257 e. The van der Waals surface area contributed by atoms with Crippen molar-refractivity contribution < 1.29 is 9.53 Å². The average molecular weight is 422 g/mol. The predicted octanol–water partition coefficient (Wildman–Crippen LogP) is 3.31. The maximum Gasteiger partial charge on any atom is 0.257 e. The van der Waals surface area contributed by atoms with Crippen LogP contribution in [0.1, 0.15) is 32.7 Å². The van der Waals surface area contributed by atoms with Crippen molar-refractivity contribution in [3.63, 3.8) is 0 Å². The maximum absolute atomic E-state index is 13.0. The highest BCUT2D eigenvalue weighted by molar-refractivity contribution is 7.99. The van der Waals surface area contributed by atoms with Gasteiger partial charge in [0.15, 0.2) is 5.43 Å². The maximum atomic E-state index is 13.0. The first-order valence-electron chi connectivity index (χ1n) is 9.80. The number of fused-ring (bicyclic) bond motifs is 3. The lowest BCUT2D eigenvalue weighted by Crippen LogP contribution is -2.34. The van der Waals surface area contributed by atoms with Crippen LogP contribution in [-0.2, 0) is 11.2 Å². The van der Waals surface area contributed by atoms with Crippen molar-refractivity contribution in [1.29, 1.82) is 0 Å². The topological polar surface area (TPSA) is 73.2 Å². The number of nitrogens with zero attached hydrogens (tertiary/aromatic N) is 2. The summed E-state index contributed by atoms with van der Waals surface area (Å²) in [6.07, 6.45) is 2.29. The Bertz CT molecular complexity index is 1130. The quantitative estimate of drug-likeness (QED) is 0.640. The van der Waals surface area contributed by atoms with E-state index in [0.29, 0.717) is 25.3 Å². The number of pyridine rings is 2. The van der Waals surface area contributed by atoms with E-state index in [1.54, 1.807) is 25.1 Å². The third-order valence-corrected chi connectivity index (χ3v) is 6.38. The zero-order valence-corrected chi connectivity index (χ0v) is 17.7. The highest BCUT2D eigenvalue weighted by Crippen LogP contribution is 2.43. The van der Waals surface area contributed by atoms with Crippen LogP contribution < -0.4 is 10.7 Å². The van der Waals surface area contributed by atoms with Gasteiger partial charge < -0.3 is 14.6 Å². The molecule has 1 amide bonds. The van der Waals surface area contributed by atoms with Crippen LogP contribution in [0.3, 0.4) is 0 Å². The second kappa shape index (κ2) is 8.85. The molecule has 3 aromatic rings. The van der Waals surface area contributed by atoms with Gasteiger partial charge in [-0.2, -0.15) is 0 Å². The van der Waals surface area contributed by atoms with E-state index in [4.69, 9.17) is 4.74 Å². The number of para-hydroxylation sites is 1. The summed E-state index contributed by atoms with van der Waals surface area (Å²) in [6.45, 7) is 2.63. The van der Waals surface area contributed by atoms with E-state index in [0.717, 1.165) is 22.0 Å². The lowest BCUT2D eigenvalue weighted by molar-refractivity contribution is 0.0934. The second-order valence-corrected chi connectivity index (χ2v) is 8.33. The number of thioether (sulfide) groups is 1. The van der Waals surface area contributed by atoms with E-state index in [9.17, 15) is 9.59 Å². The summed E-state index contributed by atoms with van der Waals surface area (Å²) in [5.74, 6) is -0.370. The molecule has 3 heterocycles. The van der Waals surface area contributed by atoms with Gasteiger partial charge in [-0.25, -0.2) is 0 Å². The van der Waals surface area contributed by atoms with Crippen molar-refractivity contribution in [2.75, 3.05) is 20.3 Å². The van der Waals surface area contributed by atoms with E-state index in [2.05, 4.69) is 16.4 Å². The lowest BCUT2D eigenvalue weighted by atomic mass is 10.0. The molecule has 1 N–H and O–H groups in total. The molecule has 0 aliphatic carbocycles. The number of carbonyl (C=O) groups is 1. The van der Waals surface area contributed by atoms with E-state index in [1.807, 2.05) is 47.9 Å². The minimum absolute atomic E-state index is 0.0205. The van der Waals surface area contributed by atoms with Crippen molar-refractivity contribution in [2.45, 2.75) is 23.5 Å². The van der Waals surface area contributed by atoms with E-state index < -0.39 is 0 Å². The van der Waals surface area contributed by atoms with Crippen LogP contribution in [0.25, 0.3) is 5.69 Å². The Labute approximate surface area is 179 Å². The number of carbonyl (C=O) groups excluding carboxylic acids is 1. The Hall–Kier alpha value is -2.90. The van der Waals surface area contributed by atoms with Gasteiger partial charge in [0.05, 0.1) is 23.2 Å². The first kappa shape index (κ1) is 20.4. The first-order valence-corrected chi connectivity index (χ1v) is 10.7. The monoisotopic (exact) mass is 421 g/mol. The summed E-state index contributed by atoms with van der Waals surface area (Å²) in [6, 6.07) is 15.4. The SMILES string of the molecule is COCCNC(=O)c1c2n(c(C)cc1=O)-c1ccccc1SC(c1ccccn1)C2. The fourth-order valence-electron chi connectivity index (χ4n) is 3.76. The molecule has 1 atom stereocenters. The van der Waals surface area contributed by atoms with E-state index >= 15 is 0 Å². The van der Waals surface area contributed by atoms with Crippen LogP contribution in [0, 0.1) is 6.92 Å². The number of amides is 1. The molecule has 0 saturated heterocycles. The van der Waals surface area contributed by atoms with Gasteiger partial charge in [-0.1, -0.05) is 18.2 Å². The molecular formula is C23H23N3O3S. The van der Waals surface area contributed by atoms with Crippen LogP contribution in [0.4, 0.5) is 0 Å². The van der Waals surface area contributed by atoms with Gasteiger partial charge in [0.1, 0.15) is 5.56 Å². The number of rotatable bonds is 5. The van der Waals surface area contributed by atoms with Gasteiger partial charge >= 0.3 is 0 Å². The molecule has 0 bridgehead atoms. The van der Waals surface area contributed by atoms with Crippen molar-refractivity contribution in [2.24, 2.45) is 0 Å². The number of hydrogen-bond donors (Lipinski definition) is 1. The van der Waals surface area contributed by atoms with Crippen molar-refractivity contribution in [1.82, 2.24) is 14.9 Å². The van der Waals surface area contributed by atoms with Crippen LogP contribution >= 0.6 is 11.8 Å². The Balaban J connectivity index is 1.90. The Morgan fingerprint density at radius 3 is 2.83 bits per heavy atom. The van der Waals surface area contributed by atoms with Crippen LogP contribution in [0.5, 0.6) is 0 Å². The number of methoxy groups -OCH3 is 1. The molecule has 30 heavy (non-hydrogen) atoms. The molecule has 0 saturated carbocycles. The van der Waals surface area contributed by atoms with Gasteiger partial charge in [0.2, 0.25) is 0 Å². The molecule has 1 aliphatic heterocycles. The molecule has 0 spiro atoms. The lowest BCUT2D eigenvalue weighted by Gasteiger charge is -2.20. The van der Waals surface area contributed by atoms with Crippen LogP contribution in [0.2, 0.25) is 0 Å². The summed E-state index contributed by atoms with van der Waals surface area (Å²) in [4.78, 5) is 31.5. The fraction of sp³-hybridized carbons (Fsp3) is 0.261.